The molecule has 1 amide bonds. The molecular weight excluding hydrogens is 430 g/mol. The van der Waals surface area contributed by atoms with Crippen LogP contribution in [-0.2, 0) is 32.3 Å². The molecule has 162 valence electrons. The Morgan fingerprint density at radius 3 is 2.83 bits per heavy atom. The predicted octanol–water partition coefficient (Wildman–Crippen LogP) is 0.953. The van der Waals surface area contributed by atoms with Gasteiger partial charge in [0.25, 0.3) is 11.5 Å². The van der Waals surface area contributed by atoms with Crippen molar-refractivity contribution in [1.82, 2.24) is 14.9 Å². The summed E-state index contributed by atoms with van der Waals surface area (Å²) in [7, 11) is -3.11. The first-order chi connectivity index (χ1) is 14.2. The van der Waals surface area contributed by atoms with Gasteiger partial charge in [-0.1, -0.05) is 6.42 Å². The van der Waals surface area contributed by atoms with Gasteiger partial charge in [0.2, 0.25) is 0 Å². The van der Waals surface area contributed by atoms with Crippen LogP contribution in [0.15, 0.2) is 4.79 Å². The SMILES string of the molecule is Cc1c(C(=O)OCC(=O)NC2CCS(=O)(=O)C2)sc2nc3n(c(=O)c12)CCCCC3. The second-order valence-electron chi connectivity index (χ2n) is 7.78. The number of ether oxygens (including phenoxy) is 1. The van der Waals surface area contributed by atoms with Gasteiger partial charge in [0, 0.05) is 19.0 Å². The maximum atomic E-state index is 13.0. The summed E-state index contributed by atoms with van der Waals surface area (Å²) in [4.78, 5) is 42.9. The summed E-state index contributed by atoms with van der Waals surface area (Å²) in [5, 5.41) is 3.01. The van der Waals surface area contributed by atoms with Gasteiger partial charge >= 0.3 is 5.97 Å². The molecule has 1 N–H and O–H groups in total. The fourth-order valence-corrected chi connectivity index (χ4v) is 6.74. The van der Waals surface area contributed by atoms with E-state index in [0.29, 0.717) is 28.7 Å². The van der Waals surface area contributed by atoms with Crippen LogP contribution >= 0.6 is 11.3 Å². The molecule has 0 aliphatic carbocycles. The van der Waals surface area contributed by atoms with Gasteiger partial charge in [-0.15, -0.1) is 11.3 Å². The topological polar surface area (TPSA) is 124 Å². The molecule has 4 heterocycles. The summed E-state index contributed by atoms with van der Waals surface area (Å²) in [6.45, 7) is 1.81. The van der Waals surface area contributed by atoms with Crippen molar-refractivity contribution < 1.29 is 22.7 Å². The number of aryl methyl sites for hydroxylation is 2. The van der Waals surface area contributed by atoms with Crippen LogP contribution in [0.2, 0.25) is 0 Å². The minimum absolute atomic E-state index is 0.0469. The van der Waals surface area contributed by atoms with Crippen LogP contribution in [0.3, 0.4) is 0 Å². The first-order valence-corrected chi connectivity index (χ1v) is 12.6. The van der Waals surface area contributed by atoms with Crippen molar-refractivity contribution in [3.63, 3.8) is 0 Å². The van der Waals surface area contributed by atoms with Gasteiger partial charge in [-0.05, 0) is 31.7 Å². The second kappa shape index (κ2) is 8.10. The molecule has 0 bridgehead atoms. The van der Waals surface area contributed by atoms with Gasteiger partial charge in [0.15, 0.2) is 16.4 Å². The molecule has 2 aromatic rings. The van der Waals surface area contributed by atoms with E-state index >= 15 is 0 Å². The second-order valence-corrected chi connectivity index (χ2v) is 11.0. The molecule has 0 saturated carbocycles. The van der Waals surface area contributed by atoms with E-state index in [0.717, 1.165) is 42.8 Å². The summed E-state index contributed by atoms with van der Waals surface area (Å²) in [6, 6.07) is -0.452. The lowest BCUT2D eigenvalue weighted by Gasteiger charge is -2.10. The van der Waals surface area contributed by atoms with Crippen molar-refractivity contribution in [2.24, 2.45) is 0 Å². The molecule has 0 radical (unpaired) electrons. The molecule has 1 atom stereocenters. The quantitative estimate of drug-likeness (QED) is 0.684. The normalized spacial score (nSPS) is 20.5. The summed E-state index contributed by atoms with van der Waals surface area (Å²) < 4.78 is 29.8. The van der Waals surface area contributed by atoms with E-state index in [1.54, 1.807) is 11.5 Å². The number of hydrogen-bond acceptors (Lipinski definition) is 8. The van der Waals surface area contributed by atoms with E-state index in [1.165, 1.54) is 0 Å². The number of amides is 1. The summed E-state index contributed by atoms with van der Waals surface area (Å²) >= 11 is 1.10. The van der Waals surface area contributed by atoms with E-state index < -0.39 is 34.4 Å². The van der Waals surface area contributed by atoms with E-state index in [4.69, 9.17) is 4.74 Å². The Morgan fingerprint density at radius 2 is 2.10 bits per heavy atom. The summed E-state index contributed by atoms with van der Waals surface area (Å²) in [5.74, 6) is -0.538. The lowest BCUT2D eigenvalue weighted by molar-refractivity contribution is -0.124. The minimum Gasteiger partial charge on any atom is -0.451 e. The molecule has 2 aliphatic rings. The number of nitrogens with zero attached hydrogens (tertiary/aromatic N) is 2. The number of carbonyl (C=O) groups is 2. The average Bonchev–Trinajstić information content (AvgIpc) is 3.08. The number of fused-ring (bicyclic) bond motifs is 2. The van der Waals surface area contributed by atoms with Crippen LogP contribution in [0.4, 0.5) is 0 Å². The molecule has 0 spiro atoms. The van der Waals surface area contributed by atoms with E-state index in [2.05, 4.69) is 10.3 Å². The number of thiophene rings is 1. The highest BCUT2D eigenvalue weighted by molar-refractivity contribution is 7.91. The van der Waals surface area contributed by atoms with Gasteiger partial charge in [-0.2, -0.15) is 0 Å². The predicted molar refractivity (Wildman–Crippen MR) is 112 cm³/mol. The van der Waals surface area contributed by atoms with Gasteiger partial charge in [-0.25, -0.2) is 18.2 Å². The zero-order valence-corrected chi connectivity index (χ0v) is 18.2. The fourth-order valence-electron chi connectivity index (χ4n) is 3.98. The summed E-state index contributed by atoms with van der Waals surface area (Å²) in [5.41, 5.74) is 0.379. The van der Waals surface area contributed by atoms with Crippen LogP contribution in [0.25, 0.3) is 10.2 Å². The number of carbonyl (C=O) groups excluding carboxylic acids is 2. The van der Waals surface area contributed by atoms with Crippen LogP contribution in [0, 0.1) is 6.92 Å². The van der Waals surface area contributed by atoms with E-state index in [9.17, 15) is 22.8 Å². The molecule has 9 nitrogen and oxygen atoms in total. The van der Waals surface area contributed by atoms with Crippen molar-refractivity contribution in [1.29, 1.82) is 0 Å². The zero-order chi connectivity index (χ0) is 21.5. The first kappa shape index (κ1) is 21.0. The molecule has 0 aromatic carbocycles. The van der Waals surface area contributed by atoms with Gasteiger partial charge < -0.3 is 10.1 Å². The first-order valence-electron chi connectivity index (χ1n) is 9.95. The van der Waals surface area contributed by atoms with Gasteiger partial charge in [-0.3, -0.25) is 14.2 Å². The fraction of sp³-hybridized carbons (Fsp3) is 0.579. The Morgan fingerprint density at radius 1 is 1.30 bits per heavy atom. The molecule has 30 heavy (non-hydrogen) atoms. The van der Waals surface area contributed by atoms with E-state index in [1.807, 2.05) is 0 Å². The molecular formula is C19H23N3O6S2. The highest BCUT2D eigenvalue weighted by Crippen LogP contribution is 2.29. The third-order valence-corrected chi connectivity index (χ3v) is 8.46. The van der Waals surface area contributed by atoms with Crippen molar-refractivity contribution in [3.05, 3.63) is 26.6 Å². The van der Waals surface area contributed by atoms with Crippen LogP contribution < -0.4 is 10.9 Å². The largest absolute Gasteiger partial charge is 0.451 e. The van der Waals surface area contributed by atoms with Crippen molar-refractivity contribution in [2.75, 3.05) is 18.1 Å². The van der Waals surface area contributed by atoms with Crippen molar-refractivity contribution >= 4 is 43.3 Å². The van der Waals surface area contributed by atoms with Crippen molar-refractivity contribution in [2.45, 2.75) is 51.6 Å². The Hall–Kier alpha value is -2.27. The third kappa shape index (κ3) is 4.13. The smallest absolute Gasteiger partial charge is 0.349 e. The lowest BCUT2D eigenvalue weighted by atomic mass is 10.2. The number of sulfone groups is 1. The maximum absolute atomic E-state index is 13.0. The highest BCUT2D eigenvalue weighted by Gasteiger charge is 2.29. The van der Waals surface area contributed by atoms with E-state index in [-0.39, 0.29) is 21.9 Å². The molecule has 4 rings (SSSR count). The Labute approximate surface area is 177 Å². The van der Waals surface area contributed by atoms with Crippen LogP contribution in [0.5, 0.6) is 0 Å². The number of rotatable bonds is 4. The van der Waals surface area contributed by atoms with Crippen LogP contribution in [-0.4, -0.2) is 54.0 Å². The average molecular weight is 454 g/mol. The molecule has 2 aliphatic heterocycles. The molecule has 1 saturated heterocycles. The number of aromatic nitrogens is 2. The molecule has 11 heteroatoms. The Kier molecular flexibility index (Phi) is 5.67. The number of esters is 1. The third-order valence-electron chi connectivity index (χ3n) is 5.53. The zero-order valence-electron chi connectivity index (χ0n) is 16.6. The van der Waals surface area contributed by atoms with Gasteiger partial charge in [0.05, 0.1) is 16.9 Å². The number of hydrogen-bond donors (Lipinski definition) is 1. The Bertz CT molecular complexity index is 1180. The summed E-state index contributed by atoms with van der Waals surface area (Å²) in [6.07, 6.45) is 4.06. The lowest BCUT2D eigenvalue weighted by Crippen LogP contribution is -2.38. The molecule has 2 aromatic heterocycles. The molecule has 1 unspecified atom stereocenters. The molecule has 1 fully saturated rings. The monoisotopic (exact) mass is 453 g/mol. The van der Waals surface area contributed by atoms with Crippen molar-refractivity contribution in [3.8, 4) is 0 Å². The maximum Gasteiger partial charge on any atom is 0.349 e. The standard InChI is InChI=1S/C19H23N3O6S2/c1-11-15-17(21-13-5-3-2-4-7-22(13)18(15)24)29-16(11)19(25)28-9-14(23)20-12-6-8-30(26,27)10-12/h12H,2-10H2,1H3,(H,20,23). The highest BCUT2D eigenvalue weighted by atomic mass is 32.2. The van der Waals surface area contributed by atoms with Gasteiger partial charge in [0.1, 0.15) is 15.5 Å². The minimum atomic E-state index is -3.11. The van der Waals surface area contributed by atoms with Crippen LogP contribution in [0.1, 0.15) is 46.7 Å². The Balaban J connectivity index is 1.48. The number of nitrogens with one attached hydrogen (secondary N) is 1.